The van der Waals surface area contributed by atoms with Crippen LogP contribution >= 0.6 is 0 Å². The lowest BCUT2D eigenvalue weighted by Gasteiger charge is -2.06. The number of benzene rings is 2. The molecule has 29 heavy (non-hydrogen) atoms. The first-order valence-corrected chi connectivity index (χ1v) is 9.39. The van der Waals surface area contributed by atoms with Crippen molar-refractivity contribution in [3.8, 4) is 17.0 Å². The van der Waals surface area contributed by atoms with Crippen molar-refractivity contribution < 1.29 is 9.53 Å². The standard InChI is InChI=1S/C22H21N5O2/c1-29-18-9-5-6-16(14-18)10-13-22(28)23-15-21-25-24-20-12-11-19(26-27(20)21)17-7-3-2-4-8-17/h2-9,11-12,14H,10,13,15H2,1H3,(H,23,28). The first-order valence-electron chi connectivity index (χ1n) is 9.39. The van der Waals surface area contributed by atoms with E-state index in [1.165, 1.54) is 0 Å². The topological polar surface area (TPSA) is 81.4 Å². The minimum Gasteiger partial charge on any atom is -0.497 e. The van der Waals surface area contributed by atoms with Gasteiger partial charge in [0.2, 0.25) is 5.91 Å². The highest BCUT2D eigenvalue weighted by atomic mass is 16.5. The zero-order valence-corrected chi connectivity index (χ0v) is 16.1. The number of carbonyl (C=O) groups excluding carboxylic acids is 1. The summed E-state index contributed by atoms with van der Waals surface area (Å²) in [5, 5.41) is 15.8. The molecule has 0 fully saturated rings. The maximum atomic E-state index is 12.3. The Kier molecular flexibility index (Phi) is 5.47. The molecule has 0 saturated heterocycles. The summed E-state index contributed by atoms with van der Waals surface area (Å²) in [6.07, 6.45) is 1.02. The van der Waals surface area contributed by atoms with Crippen molar-refractivity contribution in [3.05, 3.63) is 78.1 Å². The van der Waals surface area contributed by atoms with Crippen LogP contribution in [0.3, 0.4) is 0 Å². The number of methoxy groups -OCH3 is 1. The number of hydrogen-bond acceptors (Lipinski definition) is 5. The van der Waals surface area contributed by atoms with Gasteiger partial charge in [-0.15, -0.1) is 10.2 Å². The van der Waals surface area contributed by atoms with E-state index in [1.54, 1.807) is 11.6 Å². The molecule has 4 aromatic rings. The summed E-state index contributed by atoms with van der Waals surface area (Å²) in [6, 6.07) is 21.4. The average Bonchev–Trinajstić information content (AvgIpc) is 3.19. The molecule has 0 aliphatic carbocycles. The second kappa shape index (κ2) is 8.52. The Labute approximate surface area is 168 Å². The summed E-state index contributed by atoms with van der Waals surface area (Å²) in [7, 11) is 1.63. The summed E-state index contributed by atoms with van der Waals surface area (Å²) in [4.78, 5) is 12.3. The number of nitrogens with one attached hydrogen (secondary N) is 1. The molecule has 2 aromatic carbocycles. The van der Waals surface area contributed by atoms with E-state index in [2.05, 4.69) is 20.6 Å². The predicted molar refractivity (Wildman–Crippen MR) is 109 cm³/mol. The van der Waals surface area contributed by atoms with Crippen LogP contribution in [0.5, 0.6) is 5.75 Å². The van der Waals surface area contributed by atoms with Crippen LogP contribution in [-0.4, -0.2) is 32.8 Å². The zero-order valence-electron chi connectivity index (χ0n) is 16.1. The molecule has 1 amide bonds. The molecule has 0 aliphatic rings. The largest absolute Gasteiger partial charge is 0.497 e. The van der Waals surface area contributed by atoms with Crippen LogP contribution < -0.4 is 10.1 Å². The fourth-order valence-electron chi connectivity index (χ4n) is 3.06. The van der Waals surface area contributed by atoms with Crippen LogP contribution in [0.1, 0.15) is 17.8 Å². The molecule has 0 bridgehead atoms. The van der Waals surface area contributed by atoms with Gasteiger partial charge < -0.3 is 10.1 Å². The summed E-state index contributed by atoms with van der Waals surface area (Å²) in [5.74, 6) is 1.33. The summed E-state index contributed by atoms with van der Waals surface area (Å²) in [5.41, 5.74) is 3.53. The third-order valence-corrected chi connectivity index (χ3v) is 4.62. The second-order valence-electron chi connectivity index (χ2n) is 6.60. The molecule has 1 N–H and O–H groups in total. The molecule has 4 rings (SSSR count). The molecule has 0 spiro atoms. The van der Waals surface area contributed by atoms with Crippen molar-refractivity contribution in [1.82, 2.24) is 25.1 Å². The van der Waals surface area contributed by atoms with E-state index in [0.29, 0.717) is 24.3 Å². The van der Waals surface area contributed by atoms with Crippen molar-refractivity contribution >= 4 is 11.6 Å². The summed E-state index contributed by atoms with van der Waals surface area (Å²) < 4.78 is 6.89. The van der Waals surface area contributed by atoms with Crippen molar-refractivity contribution in [2.75, 3.05) is 7.11 Å². The molecule has 7 nitrogen and oxygen atoms in total. The van der Waals surface area contributed by atoms with Gasteiger partial charge in [-0.25, -0.2) is 0 Å². The number of hydrogen-bond donors (Lipinski definition) is 1. The van der Waals surface area contributed by atoms with Crippen LogP contribution in [0.2, 0.25) is 0 Å². The highest BCUT2D eigenvalue weighted by molar-refractivity contribution is 5.76. The van der Waals surface area contributed by atoms with Gasteiger partial charge in [0, 0.05) is 12.0 Å². The van der Waals surface area contributed by atoms with Gasteiger partial charge in [-0.1, -0.05) is 42.5 Å². The Morgan fingerprint density at radius 3 is 2.72 bits per heavy atom. The van der Waals surface area contributed by atoms with Crippen LogP contribution in [0.15, 0.2) is 66.7 Å². The van der Waals surface area contributed by atoms with Crippen molar-refractivity contribution in [2.24, 2.45) is 0 Å². The maximum absolute atomic E-state index is 12.3. The Morgan fingerprint density at radius 1 is 1.03 bits per heavy atom. The highest BCUT2D eigenvalue weighted by Gasteiger charge is 2.10. The van der Waals surface area contributed by atoms with E-state index in [1.807, 2.05) is 66.7 Å². The minimum atomic E-state index is -0.0521. The summed E-state index contributed by atoms with van der Waals surface area (Å²) >= 11 is 0. The Bertz CT molecular complexity index is 1120. The Morgan fingerprint density at radius 2 is 1.90 bits per heavy atom. The fraction of sp³-hybridized carbons (Fsp3) is 0.182. The molecule has 0 radical (unpaired) electrons. The zero-order chi connectivity index (χ0) is 20.1. The van der Waals surface area contributed by atoms with Gasteiger partial charge in [0.1, 0.15) is 5.75 Å². The van der Waals surface area contributed by atoms with Gasteiger partial charge in [-0.3, -0.25) is 4.79 Å². The maximum Gasteiger partial charge on any atom is 0.220 e. The van der Waals surface area contributed by atoms with E-state index >= 15 is 0 Å². The first-order chi connectivity index (χ1) is 14.2. The van der Waals surface area contributed by atoms with E-state index in [9.17, 15) is 4.79 Å². The van der Waals surface area contributed by atoms with Crippen molar-refractivity contribution in [2.45, 2.75) is 19.4 Å². The van der Waals surface area contributed by atoms with Gasteiger partial charge in [0.25, 0.3) is 0 Å². The Hall–Kier alpha value is -3.74. The molecule has 146 valence electrons. The van der Waals surface area contributed by atoms with Gasteiger partial charge in [0.15, 0.2) is 11.5 Å². The predicted octanol–water partition coefficient (Wildman–Crippen LogP) is 3.05. The lowest BCUT2D eigenvalue weighted by Crippen LogP contribution is -2.24. The molecule has 2 aromatic heterocycles. The van der Waals surface area contributed by atoms with E-state index < -0.39 is 0 Å². The van der Waals surface area contributed by atoms with Crippen LogP contribution in [0.4, 0.5) is 0 Å². The fourth-order valence-corrected chi connectivity index (χ4v) is 3.06. The molecular formula is C22H21N5O2. The number of ether oxygens (including phenoxy) is 1. The monoisotopic (exact) mass is 387 g/mol. The number of carbonyl (C=O) groups is 1. The summed E-state index contributed by atoms with van der Waals surface area (Å²) in [6.45, 7) is 0.267. The minimum absolute atomic E-state index is 0.0521. The van der Waals surface area contributed by atoms with Gasteiger partial charge in [-0.2, -0.15) is 9.61 Å². The molecule has 0 aliphatic heterocycles. The van der Waals surface area contributed by atoms with E-state index in [4.69, 9.17) is 4.74 Å². The van der Waals surface area contributed by atoms with Gasteiger partial charge in [-0.05, 0) is 36.2 Å². The van der Waals surface area contributed by atoms with Crippen LogP contribution in [0, 0.1) is 0 Å². The third kappa shape index (κ3) is 4.40. The molecule has 2 heterocycles. The van der Waals surface area contributed by atoms with Gasteiger partial charge >= 0.3 is 0 Å². The lowest BCUT2D eigenvalue weighted by molar-refractivity contribution is -0.121. The quantitative estimate of drug-likeness (QED) is 0.527. The molecule has 0 atom stereocenters. The number of nitrogens with zero attached hydrogens (tertiary/aromatic N) is 4. The first kappa shape index (κ1) is 18.6. The van der Waals surface area contributed by atoms with Crippen LogP contribution in [-0.2, 0) is 17.8 Å². The van der Waals surface area contributed by atoms with Crippen LogP contribution in [0.25, 0.3) is 16.9 Å². The average molecular weight is 387 g/mol. The molecule has 0 saturated carbocycles. The van der Waals surface area contributed by atoms with Gasteiger partial charge in [0.05, 0.1) is 19.3 Å². The lowest BCUT2D eigenvalue weighted by atomic mass is 10.1. The number of rotatable bonds is 7. The van der Waals surface area contributed by atoms with Crippen molar-refractivity contribution in [3.63, 3.8) is 0 Å². The Balaban J connectivity index is 1.40. The van der Waals surface area contributed by atoms with Crippen molar-refractivity contribution in [1.29, 1.82) is 0 Å². The van der Waals surface area contributed by atoms with E-state index in [-0.39, 0.29) is 12.5 Å². The SMILES string of the molecule is COc1cccc(CCC(=O)NCc2nnc3ccc(-c4ccccc4)nn23)c1. The van der Waals surface area contributed by atoms with E-state index in [0.717, 1.165) is 22.6 Å². The smallest absolute Gasteiger partial charge is 0.220 e. The normalized spacial score (nSPS) is 10.8. The number of aryl methyl sites for hydroxylation is 1. The molecule has 0 unspecified atom stereocenters. The number of aromatic nitrogens is 4. The molecule has 7 heteroatoms. The third-order valence-electron chi connectivity index (χ3n) is 4.62. The number of amides is 1. The number of fused-ring (bicyclic) bond motifs is 1. The highest BCUT2D eigenvalue weighted by Crippen LogP contribution is 2.17. The second-order valence-corrected chi connectivity index (χ2v) is 6.60. The molecular weight excluding hydrogens is 366 g/mol.